The topological polar surface area (TPSA) is 47.7 Å². The van der Waals surface area contributed by atoms with Crippen LogP contribution in [0.4, 0.5) is 0 Å². The molecule has 2 heterocycles. The van der Waals surface area contributed by atoms with E-state index in [2.05, 4.69) is 40.2 Å². The fraction of sp³-hybridized carbons (Fsp3) is 0.296. The molecule has 0 unspecified atom stereocenters. The quantitative estimate of drug-likeness (QED) is 0.310. The first-order valence-electron chi connectivity index (χ1n) is 11.4. The summed E-state index contributed by atoms with van der Waals surface area (Å²) in [6, 6.07) is 26.1. The van der Waals surface area contributed by atoms with Crippen LogP contribution in [0.1, 0.15) is 30.7 Å². The van der Waals surface area contributed by atoms with Crippen LogP contribution in [0.5, 0.6) is 17.6 Å². The number of nitrogens with zero attached hydrogens (tertiary/aromatic N) is 2. The van der Waals surface area contributed by atoms with Gasteiger partial charge in [0.25, 0.3) is 0 Å². The summed E-state index contributed by atoms with van der Waals surface area (Å²) in [5.74, 6) is 2.22. The Morgan fingerprint density at radius 1 is 0.844 bits per heavy atom. The molecule has 0 bridgehead atoms. The predicted octanol–water partition coefficient (Wildman–Crippen LogP) is 6.27. The molecule has 0 aliphatic carbocycles. The van der Waals surface area contributed by atoms with Gasteiger partial charge in [0.05, 0.1) is 6.61 Å². The number of likely N-dealkylation sites (tertiary alicyclic amines) is 1. The lowest BCUT2D eigenvalue weighted by Crippen LogP contribution is -2.34. The summed E-state index contributed by atoms with van der Waals surface area (Å²) in [4.78, 5) is 6.89. The van der Waals surface area contributed by atoms with Gasteiger partial charge in [-0.05, 0) is 80.2 Å². The van der Waals surface area contributed by atoms with Gasteiger partial charge in [0, 0.05) is 6.54 Å². The van der Waals surface area contributed by atoms with Crippen molar-refractivity contribution >= 4 is 11.1 Å². The summed E-state index contributed by atoms with van der Waals surface area (Å²) >= 11 is 0. The zero-order valence-corrected chi connectivity index (χ0v) is 18.2. The van der Waals surface area contributed by atoms with E-state index < -0.39 is 0 Å². The maximum Gasteiger partial charge on any atom is 0.400 e. The van der Waals surface area contributed by atoms with Crippen molar-refractivity contribution in [2.75, 3.05) is 26.2 Å². The van der Waals surface area contributed by atoms with E-state index in [-0.39, 0.29) is 6.08 Å². The molecule has 3 aromatic carbocycles. The van der Waals surface area contributed by atoms with E-state index in [1.165, 1.54) is 31.5 Å². The zero-order valence-electron chi connectivity index (χ0n) is 18.2. The molecule has 1 aromatic heterocycles. The second-order valence-electron chi connectivity index (χ2n) is 8.25. The van der Waals surface area contributed by atoms with Crippen molar-refractivity contribution in [2.45, 2.75) is 25.2 Å². The first kappa shape index (κ1) is 20.6. The predicted molar refractivity (Wildman–Crippen MR) is 125 cm³/mol. The number of benzene rings is 3. The van der Waals surface area contributed by atoms with Crippen LogP contribution in [0.2, 0.25) is 0 Å². The van der Waals surface area contributed by atoms with Crippen LogP contribution < -0.4 is 9.47 Å². The van der Waals surface area contributed by atoms with E-state index in [0.29, 0.717) is 23.9 Å². The highest BCUT2D eigenvalue weighted by Crippen LogP contribution is 2.28. The Morgan fingerprint density at radius 2 is 1.56 bits per heavy atom. The average molecular weight is 429 g/mol. The fourth-order valence-corrected chi connectivity index (χ4v) is 4.29. The van der Waals surface area contributed by atoms with Crippen LogP contribution in [-0.2, 0) is 0 Å². The number of rotatable bonds is 8. The number of hydrogen-bond acceptors (Lipinski definition) is 5. The standard InChI is InChI=1S/C27H28N2O3/c1-2-7-21(8-3-1)22-15-18-29(19-16-22)17-6-20-30-23-11-13-24(14-12-23)31-27-28-25-9-4-5-10-26(25)32-27/h1-5,7-14,22H,6,15-20H2. The minimum atomic E-state index is 0.246. The third kappa shape index (κ3) is 5.11. The molecule has 0 amide bonds. The van der Waals surface area contributed by atoms with Gasteiger partial charge < -0.3 is 18.8 Å². The number of para-hydroxylation sites is 2. The van der Waals surface area contributed by atoms with Crippen LogP contribution in [-0.4, -0.2) is 36.1 Å². The van der Waals surface area contributed by atoms with Crippen molar-refractivity contribution in [2.24, 2.45) is 0 Å². The minimum Gasteiger partial charge on any atom is -0.494 e. The molecule has 4 aromatic rings. The first-order valence-corrected chi connectivity index (χ1v) is 11.4. The smallest absolute Gasteiger partial charge is 0.400 e. The second kappa shape index (κ2) is 9.88. The summed E-state index contributed by atoms with van der Waals surface area (Å²) in [5.41, 5.74) is 2.98. The van der Waals surface area contributed by atoms with E-state index in [9.17, 15) is 0 Å². The van der Waals surface area contributed by atoms with E-state index in [1.807, 2.05) is 48.5 Å². The second-order valence-corrected chi connectivity index (χ2v) is 8.25. The summed E-state index contributed by atoms with van der Waals surface area (Å²) in [6.45, 7) is 4.13. The lowest BCUT2D eigenvalue weighted by molar-refractivity contribution is 0.193. The molecule has 0 radical (unpaired) electrons. The van der Waals surface area contributed by atoms with Crippen LogP contribution >= 0.6 is 0 Å². The number of ether oxygens (including phenoxy) is 2. The molecule has 5 nitrogen and oxygen atoms in total. The Hall–Kier alpha value is -3.31. The van der Waals surface area contributed by atoms with Crippen molar-refractivity contribution in [1.82, 2.24) is 9.88 Å². The van der Waals surface area contributed by atoms with Crippen molar-refractivity contribution in [3.63, 3.8) is 0 Å². The van der Waals surface area contributed by atoms with Crippen LogP contribution in [0.15, 0.2) is 83.3 Å². The maximum absolute atomic E-state index is 5.92. The molecule has 1 fully saturated rings. The van der Waals surface area contributed by atoms with E-state index >= 15 is 0 Å². The first-order chi connectivity index (χ1) is 15.8. The highest BCUT2D eigenvalue weighted by atomic mass is 16.6. The Labute approximate surface area is 188 Å². The van der Waals surface area contributed by atoms with Gasteiger partial charge in [0.1, 0.15) is 17.0 Å². The van der Waals surface area contributed by atoms with E-state index in [0.717, 1.165) is 24.2 Å². The van der Waals surface area contributed by atoms with Gasteiger partial charge in [-0.3, -0.25) is 0 Å². The maximum atomic E-state index is 5.92. The molecule has 0 atom stereocenters. The fourth-order valence-electron chi connectivity index (χ4n) is 4.29. The zero-order chi connectivity index (χ0) is 21.6. The SMILES string of the molecule is c1ccc(C2CCN(CCCOc3ccc(Oc4nc5ccccc5o4)cc3)CC2)cc1. The Kier molecular flexibility index (Phi) is 6.35. The molecule has 5 rings (SSSR count). The number of oxazole rings is 1. The Morgan fingerprint density at radius 3 is 2.34 bits per heavy atom. The van der Waals surface area contributed by atoms with Crippen molar-refractivity contribution in [1.29, 1.82) is 0 Å². The molecule has 1 aliphatic heterocycles. The lowest BCUT2D eigenvalue weighted by Gasteiger charge is -2.32. The van der Waals surface area contributed by atoms with E-state index in [1.54, 1.807) is 0 Å². The number of piperidine rings is 1. The molecule has 5 heteroatoms. The highest BCUT2D eigenvalue weighted by Gasteiger charge is 2.19. The number of hydrogen-bond donors (Lipinski definition) is 0. The summed E-state index contributed by atoms with van der Waals surface area (Å²) in [7, 11) is 0. The van der Waals surface area contributed by atoms with Gasteiger partial charge >= 0.3 is 6.08 Å². The summed E-state index contributed by atoms with van der Waals surface area (Å²) < 4.78 is 17.2. The Bertz CT molecular complexity index is 1080. The van der Waals surface area contributed by atoms with Gasteiger partial charge in [-0.25, -0.2) is 0 Å². The number of fused-ring (bicyclic) bond motifs is 1. The van der Waals surface area contributed by atoms with Crippen molar-refractivity contribution < 1.29 is 13.9 Å². The Balaban J connectivity index is 1.03. The average Bonchev–Trinajstić information content (AvgIpc) is 3.26. The molecular weight excluding hydrogens is 400 g/mol. The highest BCUT2D eigenvalue weighted by molar-refractivity contribution is 5.72. The van der Waals surface area contributed by atoms with Gasteiger partial charge in [0.2, 0.25) is 0 Å². The van der Waals surface area contributed by atoms with Crippen molar-refractivity contribution in [3.8, 4) is 17.6 Å². The normalized spacial score (nSPS) is 15.1. The van der Waals surface area contributed by atoms with Crippen LogP contribution in [0, 0.1) is 0 Å². The summed E-state index contributed by atoms with van der Waals surface area (Å²) in [6.07, 6.45) is 3.76. The molecule has 0 spiro atoms. The molecule has 32 heavy (non-hydrogen) atoms. The molecule has 0 N–H and O–H groups in total. The van der Waals surface area contributed by atoms with Gasteiger partial charge in [-0.15, -0.1) is 0 Å². The van der Waals surface area contributed by atoms with Gasteiger partial charge in [0.15, 0.2) is 5.58 Å². The molecule has 1 saturated heterocycles. The van der Waals surface area contributed by atoms with Crippen LogP contribution in [0.25, 0.3) is 11.1 Å². The van der Waals surface area contributed by atoms with Crippen LogP contribution in [0.3, 0.4) is 0 Å². The molecule has 0 saturated carbocycles. The van der Waals surface area contributed by atoms with Crippen molar-refractivity contribution in [3.05, 3.63) is 84.4 Å². The summed E-state index contributed by atoms with van der Waals surface area (Å²) in [5, 5.41) is 0. The minimum absolute atomic E-state index is 0.246. The molecule has 1 aliphatic rings. The third-order valence-electron chi connectivity index (χ3n) is 6.05. The lowest BCUT2D eigenvalue weighted by atomic mass is 9.89. The largest absolute Gasteiger partial charge is 0.494 e. The molecular formula is C27H28N2O3. The van der Waals surface area contributed by atoms with E-state index in [4.69, 9.17) is 13.9 Å². The van der Waals surface area contributed by atoms with Gasteiger partial charge in [-0.2, -0.15) is 4.98 Å². The number of aromatic nitrogens is 1. The molecule has 164 valence electrons. The van der Waals surface area contributed by atoms with Gasteiger partial charge in [-0.1, -0.05) is 42.5 Å². The monoisotopic (exact) mass is 428 g/mol. The third-order valence-corrected chi connectivity index (χ3v) is 6.05.